The molecule has 0 fully saturated rings. The lowest BCUT2D eigenvalue weighted by atomic mass is 9.95. The number of hydrogen-bond acceptors (Lipinski definition) is 8. The molecule has 5 rings (SSSR count). The summed E-state index contributed by atoms with van der Waals surface area (Å²) in [7, 11) is 1.54. The molecule has 0 spiro atoms. The Bertz CT molecular complexity index is 1990. The average Bonchev–Trinajstić information content (AvgIpc) is 3.32. The van der Waals surface area contributed by atoms with Crippen LogP contribution in [0, 0.1) is 0 Å². The molecule has 1 aliphatic heterocycles. The summed E-state index contributed by atoms with van der Waals surface area (Å²) in [6, 6.07) is 15.4. The van der Waals surface area contributed by atoms with Crippen molar-refractivity contribution in [2.24, 2.45) is 4.99 Å². The minimum Gasteiger partial charge on any atom is -0.493 e. The standard InChI is InChI=1S/C33H29BrCl2N2O6S/c1-5-42-27-16-22(34)21(15-26(27)41-4)30-29(32(40)43-6-2)18(3)37-33-38(30)31(39)28(45-33)14-20-9-7-8-10-25(20)44-17-19-11-12-23(35)24(36)13-19/h7-16,30H,5-6,17H2,1-4H3/b28-14+/t30-/m0/s1. The second-order valence-electron chi connectivity index (χ2n) is 9.83. The summed E-state index contributed by atoms with van der Waals surface area (Å²) in [5.74, 6) is 1.01. The topological polar surface area (TPSA) is 88.4 Å². The molecule has 0 saturated carbocycles. The van der Waals surface area contributed by atoms with Crippen molar-refractivity contribution in [2.45, 2.75) is 33.4 Å². The van der Waals surface area contributed by atoms with Gasteiger partial charge in [0.05, 0.1) is 52.2 Å². The third-order valence-corrected chi connectivity index (χ3v) is 9.39. The number of allylic oxidation sites excluding steroid dienone is 1. The van der Waals surface area contributed by atoms with Gasteiger partial charge in [-0.15, -0.1) is 0 Å². The number of methoxy groups -OCH3 is 1. The van der Waals surface area contributed by atoms with Crippen LogP contribution < -0.4 is 29.1 Å². The number of carbonyl (C=O) groups excluding carboxylic acids is 1. The van der Waals surface area contributed by atoms with Crippen molar-refractivity contribution in [1.82, 2.24) is 4.57 Å². The van der Waals surface area contributed by atoms with E-state index in [1.807, 2.05) is 37.3 Å². The number of esters is 1. The SMILES string of the molecule is CCOC(=O)C1=C(C)N=c2s/c(=C/c3ccccc3OCc3ccc(Cl)c(Cl)c3)c(=O)n2[C@H]1c1cc(OC)c(OCC)cc1Br. The summed E-state index contributed by atoms with van der Waals surface area (Å²) in [4.78, 5) is 32.7. The van der Waals surface area contributed by atoms with Crippen molar-refractivity contribution in [3.63, 3.8) is 0 Å². The van der Waals surface area contributed by atoms with Gasteiger partial charge in [0.1, 0.15) is 12.4 Å². The number of nitrogens with zero attached hydrogens (tertiary/aromatic N) is 2. The van der Waals surface area contributed by atoms with Crippen LogP contribution in [0.1, 0.15) is 43.5 Å². The van der Waals surface area contributed by atoms with E-state index in [1.165, 1.54) is 23.0 Å². The molecule has 0 amide bonds. The fourth-order valence-corrected chi connectivity index (χ4v) is 6.83. The van der Waals surface area contributed by atoms with Crippen LogP contribution in [0.15, 0.2) is 80.1 Å². The molecule has 0 N–H and O–H groups in total. The number of fused-ring (bicyclic) bond motifs is 1. The molecule has 45 heavy (non-hydrogen) atoms. The number of rotatable bonds is 10. The van der Waals surface area contributed by atoms with E-state index in [-0.39, 0.29) is 24.3 Å². The Balaban J connectivity index is 1.63. The van der Waals surface area contributed by atoms with Gasteiger partial charge in [-0.05, 0) is 68.3 Å². The molecular formula is C33H29BrCl2N2O6S. The van der Waals surface area contributed by atoms with Crippen LogP contribution in [0.25, 0.3) is 6.08 Å². The zero-order valence-corrected chi connectivity index (χ0v) is 28.8. The van der Waals surface area contributed by atoms with Crippen molar-refractivity contribution < 1.29 is 23.7 Å². The van der Waals surface area contributed by atoms with Crippen LogP contribution in [-0.4, -0.2) is 30.9 Å². The van der Waals surface area contributed by atoms with Crippen LogP contribution in [0.3, 0.4) is 0 Å². The van der Waals surface area contributed by atoms with E-state index >= 15 is 0 Å². The Kier molecular flexibility index (Phi) is 10.4. The van der Waals surface area contributed by atoms with Crippen LogP contribution in [0.4, 0.5) is 0 Å². The van der Waals surface area contributed by atoms with Crippen LogP contribution >= 0.6 is 50.5 Å². The Morgan fingerprint density at radius 3 is 2.51 bits per heavy atom. The van der Waals surface area contributed by atoms with E-state index in [0.29, 0.717) is 64.5 Å². The van der Waals surface area contributed by atoms with Crippen LogP contribution in [0.5, 0.6) is 17.2 Å². The van der Waals surface area contributed by atoms with Crippen molar-refractivity contribution in [2.75, 3.05) is 20.3 Å². The molecule has 12 heteroatoms. The quantitative estimate of drug-likeness (QED) is 0.166. The Morgan fingerprint density at radius 2 is 1.80 bits per heavy atom. The number of aromatic nitrogens is 1. The van der Waals surface area contributed by atoms with E-state index in [0.717, 1.165) is 5.56 Å². The van der Waals surface area contributed by atoms with Gasteiger partial charge in [0, 0.05) is 10.0 Å². The van der Waals surface area contributed by atoms with Crippen molar-refractivity contribution >= 4 is 62.5 Å². The minimum absolute atomic E-state index is 0.166. The van der Waals surface area contributed by atoms with E-state index in [1.54, 1.807) is 44.2 Å². The van der Waals surface area contributed by atoms with Gasteiger partial charge < -0.3 is 18.9 Å². The zero-order valence-electron chi connectivity index (χ0n) is 24.9. The summed E-state index contributed by atoms with van der Waals surface area (Å²) in [5.41, 5.74) is 2.55. The van der Waals surface area contributed by atoms with Gasteiger partial charge in [-0.3, -0.25) is 9.36 Å². The summed E-state index contributed by atoms with van der Waals surface area (Å²) in [5, 5.41) is 0.905. The normalized spacial score (nSPS) is 14.6. The van der Waals surface area contributed by atoms with Gasteiger partial charge in [-0.2, -0.15) is 0 Å². The molecule has 0 saturated heterocycles. The maximum atomic E-state index is 14.2. The molecule has 1 aromatic heterocycles. The molecule has 3 aromatic carbocycles. The van der Waals surface area contributed by atoms with Gasteiger partial charge in [0.2, 0.25) is 0 Å². The van der Waals surface area contributed by atoms with E-state index in [9.17, 15) is 9.59 Å². The Hall–Kier alpha value is -3.57. The molecule has 0 radical (unpaired) electrons. The Labute approximate surface area is 282 Å². The molecule has 8 nitrogen and oxygen atoms in total. The Morgan fingerprint density at radius 1 is 1.02 bits per heavy atom. The molecule has 0 aliphatic carbocycles. The predicted octanol–water partition coefficient (Wildman–Crippen LogP) is 6.85. The molecule has 2 heterocycles. The fourth-order valence-electron chi connectivity index (χ4n) is 4.94. The lowest BCUT2D eigenvalue weighted by molar-refractivity contribution is -0.139. The first kappa shape index (κ1) is 32.8. The van der Waals surface area contributed by atoms with Gasteiger partial charge in [-0.25, -0.2) is 9.79 Å². The maximum Gasteiger partial charge on any atom is 0.338 e. The molecule has 4 aromatic rings. The fraction of sp³-hybridized carbons (Fsp3) is 0.242. The molecular weight excluding hydrogens is 703 g/mol. The lowest BCUT2D eigenvalue weighted by Crippen LogP contribution is -2.40. The second-order valence-corrected chi connectivity index (χ2v) is 12.5. The summed E-state index contributed by atoms with van der Waals surface area (Å²) < 4.78 is 25.5. The first-order valence-corrected chi connectivity index (χ1v) is 16.4. The van der Waals surface area contributed by atoms with E-state index in [2.05, 4.69) is 20.9 Å². The minimum atomic E-state index is -0.845. The third-order valence-electron chi connectivity index (χ3n) is 6.98. The molecule has 1 atom stereocenters. The number of hydrogen-bond donors (Lipinski definition) is 0. The number of thiazole rings is 1. The van der Waals surface area contributed by atoms with Gasteiger partial charge in [-0.1, -0.05) is 74.7 Å². The largest absolute Gasteiger partial charge is 0.493 e. The van der Waals surface area contributed by atoms with Crippen molar-refractivity contribution in [3.05, 3.63) is 117 Å². The summed E-state index contributed by atoms with van der Waals surface area (Å²) in [6.07, 6.45) is 1.77. The number of halogens is 3. The first-order chi connectivity index (χ1) is 21.7. The van der Waals surface area contributed by atoms with Crippen molar-refractivity contribution in [3.8, 4) is 17.2 Å². The molecule has 1 aliphatic rings. The molecule has 234 valence electrons. The second kappa shape index (κ2) is 14.2. The predicted molar refractivity (Wildman–Crippen MR) is 179 cm³/mol. The number of carbonyl (C=O) groups is 1. The summed E-state index contributed by atoms with van der Waals surface area (Å²) in [6.45, 7) is 6.19. The summed E-state index contributed by atoms with van der Waals surface area (Å²) >= 11 is 17.1. The van der Waals surface area contributed by atoms with Gasteiger partial charge in [0.15, 0.2) is 16.3 Å². The van der Waals surface area contributed by atoms with Crippen LogP contribution in [-0.2, 0) is 16.1 Å². The lowest BCUT2D eigenvalue weighted by Gasteiger charge is -2.26. The number of benzene rings is 3. The monoisotopic (exact) mass is 730 g/mol. The highest BCUT2D eigenvalue weighted by Crippen LogP contribution is 2.41. The first-order valence-electron chi connectivity index (χ1n) is 14.0. The van der Waals surface area contributed by atoms with Crippen molar-refractivity contribution in [1.29, 1.82) is 0 Å². The van der Waals surface area contributed by atoms with E-state index in [4.69, 9.17) is 42.1 Å². The number of ether oxygens (including phenoxy) is 4. The number of para-hydroxylation sites is 1. The van der Waals surface area contributed by atoms with Crippen LogP contribution in [0.2, 0.25) is 10.0 Å². The highest BCUT2D eigenvalue weighted by molar-refractivity contribution is 9.10. The molecule has 0 bridgehead atoms. The van der Waals surface area contributed by atoms with Gasteiger partial charge in [0.25, 0.3) is 5.56 Å². The third kappa shape index (κ3) is 6.84. The zero-order chi connectivity index (χ0) is 32.2. The van der Waals surface area contributed by atoms with E-state index < -0.39 is 12.0 Å². The smallest absolute Gasteiger partial charge is 0.338 e. The average molecular weight is 732 g/mol. The highest BCUT2D eigenvalue weighted by atomic mass is 79.9. The van der Waals surface area contributed by atoms with Gasteiger partial charge >= 0.3 is 5.97 Å². The highest BCUT2D eigenvalue weighted by Gasteiger charge is 2.35. The molecule has 0 unspecified atom stereocenters. The maximum absolute atomic E-state index is 14.2.